The van der Waals surface area contributed by atoms with Crippen molar-refractivity contribution in [2.75, 3.05) is 20.8 Å². The highest BCUT2D eigenvalue weighted by Gasteiger charge is 2.16. The monoisotopic (exact) mass is 306 g/mol. The summed E-state index contributed by atoms with van der Waals surface area (Å²) in [5.74, 6) is 1.84. The second-order valence-electron chi connectivity index (χ2n) is 5.09. The zero-order chi connectivity index (χ0) is 15.4. The van der Waals surface area contributed by atoms with Crippen molar-refractivity contribution >= 4 is 11.3 Å². The van der Waals surface area contributed by atoms with Crippen molar-refractivity contribution in [3.05, 3.63) is 28.8 Å². The number of methoxy groups -OCH3 is 2. The zero-order valence-electron chi connectivity index (χ0n) is 13.0. The van der Waals surface area contributed by atoms with Crippen LogP contribution in [0.5, 0.6) is 11.5 Å². The van der Waals surface area contributed by atoms with Crippen LogP contribution in [0, 0.1) is 0 Å². The summed E-state index contributed by atoms with van der Waals surface area (Å²) in [7, 11) is 3.28. The quantitative estimate of drug-likeness (QED) is 0.888. The Morgan fingerprint density at radius 3 is 2.48 bits per heavy atom. The lowest BCUT2D eigenvalue weighted by molar-refractivity contribution is 0.355. The van der Waals surface area contributed by atoms with Crippen molar-refractivity contribution < 1.29 is 9.47 Å². The highest BCUT2D eigenvalue weighted by molar-refractivity contribution is 7.15. The Bertz CT molecular complexity index is 608. The topological polar surface area (TPSA) is 57.4 Å². The Hall–Kier alpha value is -1.59. The van der Waals surface area contributed by atoms with Crippen molar-refractivity contribution in [2.45, 2.75) is 26.2 Å². The van der Waals surface area contributed by atoms with Crippen LogP contribution in [-0.2, 0) is 6.42 Å². The van der Waals surface area contributed by atoms with Gasteiger partial charge in [0.05, 0.1) is 19.9 Å². The van der Waals surface area contributed by atoms with Gasteiger partial charge in [0.15, 0.2) is 11.5 Å². The predicted octanol–water partition coefficient (Wildman–Crippen LogP) is 3.45. The standard InChI is InChI=1S/C16H22N2O2S/c1-10(2)15-14(7-8-17)21-16(18-15)11-5-6-12(19-3)13(9-11)20-4/h5-6,9-10H,7-8,17H2,1-4H3. The fourth-order valence-corrected chi connectivity index (χ4v) is 3.45. The third-order valence-corrected chi connectivity index (χ3v) is 4.46. The summed E-state index contributed by atoms with van der Waals surface area (Å²) < 4.78 is 10.6. The largest absolute Gasteiger partial charge is 0.493 e. The molecule has 1 aromatic carbocycles. The van der Waals surface area contributed by atoms with Gasteiger partial charge >= 0.3 is 0 Å². The summed E-state index contributed by atoms with van der Waals surface area (Å²) in [4.78, 5) is 6.07. The molecule has 0 saturated carbocycles. The smallest absolute Gasteiger partial charge is 0.161 e. The summed E-state index contributed by atoms with van der Waals surface area (Å²) >= 11 is 1.71. The Kier molecular flexibility index (Phi) is 5.20. The van der Waals surface area contributed by atoms with Crippen molar-refractivity contribution in [1.29, 1.82) is 0 Å². The van der Waals surface area contributed by atoms with E-state index in [-0.39, 0.29) is 0 Å². The molecule has 2 aromatic rings. The van der Waals surface area contributed by atoms with Crippen LogP contribution < -0.4 is 15.2 Å². The molecule has 0 saturated heterocycles. The Labute approximate surface area is 129 Å². The first-order valence-electron chi connectivity index (χ1n) is 7.02. The Morgan fingerprint density at radius 1 is 1.19 bits per heavy atom. The number of nitrogens with two attached hydrogens (primary N) is 1. The van der Waals surface area contributed by atoms with Gasteiger partial charge in [0, 0.05) is 10.4 Å². The van der Waals surface area contributed by atoms with Crippen LogP contribution in [0.25, 0.3) is 10.6 Å². The molecule has 0 bridgehead atoms. The van der Waals surface area contributed by atoms with Crippen LogP contribution in [-0.4, -0.2) is 25.7 Å². The molecular weight excluding hydrogens is 284 g/mol. The van der Waals surface area contributed by atoms with Gasteiger partial charge in [-0.2, -0.15) is 0 Å². The molecule has 0 aliphatic rings. The molecular formula is C16H22N2O2S. The minimum atomic E-state index is 0.400. The van der Waals surface area contributed by atoms with Crippen molar-refractivity contribution in [3.63, 3.8) is 0 Å². The number of aromatic nitrogens is 1. The van der Waals surface area contributed by atoms with E-state index in [2.05, 4.69) is 13.8 Å². The van der Waals surface area contributed by atoms with E-state index in [1.807, 2.05) is 18.2 Å². The fourth-order valence-electron chi connectivity index (χ4n) is 2.22. The van der Waals surface area contributed by atoms with E-state index in [0.29, 0.717) is 12.5 Å². The van der Waals surface area contributed by atoms with Gasteiger partial charge in [-0.05, 0) is 37.1 Å². The number of thiazole rings is 1. The van der Waals surface area contributed by atoms with Crippen molar-refractivity contribution in [2.24, 2.45) is 5.73 Å². The second-order valence-corrected chi connectivity index (χ2v) is 6.17. The van der Waals surface area contributed by atoms with E-state index in [1.54, 1.807) is 25.6 Å². The van der Waals surface area contributed by atoms with Crippen LogP contribution >= 0.6 is 11.3 Å². The average Bonchev–Trinajstić information content (AvgIpc) is 2.91. The van der Waals surface area contributed by atoms with Gasteiger partial charge in [0.2, 0.25) is 0 Å². The summed E-state index contributed by atoms with van der Waals surface area (Å²) in [6.07, 6.45) is 0.873. The molecule has 0 radical (unpaired) electrons. The minimum Gasteiger partial charge on any atom is -0.493 e. The maximum Gasteiger partial charge on any atom is 0.161 e. The number of rotatable bonds is 6. The van der Waals surface area contributed by atoms with E-state index in [1.165, 1.54) is 4.88 Å². The predicted molar refractivity (Wildman–Crippen MR) is 87.5 cm³/mol. The van der Waals surface area contributed by atoms with Gasteiger partial charge in [-0.15, -0.1) is 11.3 Å². The number of benzene rings is 1. The van der Waals surface area contributed by atoms with E-state index >= 15 is 0 Å². The third-order valence-electron chi connectivity index (χ3n) is 3.28. The van der Waals surface area contributed by atoms with E-state index in [0.717, 1.165) is 34.2 Å². The lowest BCUT2D eigenvalue weighted by Crippen LogP contribution is -2.04. The summed E-state index contributed by atoms with van der Waals surface area (Å²) in [5, 5.41) is 1.00. The lowest BCUT2D eigenvalue weighted by Gasteiger charge is -2.08. The first-order chi connectivity index (χ1) is 10.1. The van der Waals surface area contributed by atoms with Gasteiger partial charge in [-0.1, -0.05) is 13.8 Å². The molecule has 114 valence electrons. The highest BCUT2D eigenvalue weighted by Crippen LogP contribution is 2.36. The maximum atomic E-state index is 5.70. The molecule has 21 heavy (non-hydrogen) atoms. The molecule has 0 atom stereocenters. The summed E-state index contributed by atoms with van der Waals surface area (Å²) in [6.45, 7) is 4.97. The minimum absolute atomic E-state index is 0.400. The highest BCUT2D eigenvalue weighted by atomic mass is 32.1. The van der Waals surface area contributed by atoms with Gasteiger partial charge in [-0.25, -0.2) is 4.98 Å². The molecule has 0 amide bonds. The van der Waals surface area contributed by atoms with Gasteiger partial charge < -0.3 is 15.2 Å². The molecule has 2 N–H and O–H groups in total. The normalized spacial score (nSPS) is 11.0. The van der Waals surface area contributed by atoms with Gasteiger partial charge in [-0.3, -0.25) is 0 Å². The first-order valence-corrected chi connectivity index (χ1v) is 7.84. The van der Waals surface area contributed by atoms with Gasteiger partial charge in [0.1, 0.15) is 5.01 Å². The zero-order valence-corrected chi connectivity index (χ0v) is 13.8. The number of hydrogen-bond donors (Lipinski definition) is 1. The van der Waals surface area contributed by atoms with E-state index in [9.17, 15) is 0 Å². The average molecular weight is 306 g/mol. The second kappa shape index (κ2) is 6.91. The molecule has 0 fully saturated rings. The van der Waals surface area contributed by atoms with Crippen LogP contribution in [0.1, 0.15) is 30.3 Å². The van der Waals surface area contributed by atoms with Crippen LogP contribution in [0.3, 0.4) is 0 Å². The fraction of sp³-hybridized carbons (Fsp3) is 0.438. The molecule has 0 unspecified atom stereocenters. The Morgan fingerprint density at radius 2 is 1.90 bits per heavy atom. The maximum absolute atomic E-state index is 5.70. The Balaban J connectivity index is 2.44. The van der Waals surface area contributed by atoms with Crippen LogP contribution in [0.4, 0.5) is 0 Å². The molecule has 1 heterocycles. The number of ether oxygens (including phenoxy) is 2. The van der Waals surface area contributed by atoms with Crippen molar-refractivity contribution in [1.82, 2.24) is 4.98 Å². The molecule has 1 aromatic heterocycles. The van der Waals surface area contributed by atoms with Crippen molar-refractivity contribution in [3.8, 4) is 22.1 Å². The van der Waals surface area contributed by atoms with E-state index in [4.69, 9.17) is 20.2 Å². The SMILES string of the molecule is COc1ccc(-c2nc(C(C)C)c(CCN)s2)cc1OC. The molecule has 0 spiro atoms. The summed E-state index contributed by atoms with van der Waals surface area (Å²) in [6, 6.07) is 5.89. The molecule has 0 aliphatic carbocycles. The number of nitrogens with zero attached hydrogens (tertiary/aromatic N) is 1. The van der Waals surface area contributed by atoms with E-state index < -0.39 is 0 Å². The first kappa shape index (κ1) is 15.8. The summed E-state index contributed by atoms with van der Waals surface area (Å²) in [5.41, 5.74) is 7.90. The molecule has 2 rings (SSSR count). The van der Waals surface area contributed by atoms with Crippen LogP contribution in [0.15, 0.2) is 18.2 Å². The molecule has 0 aliphatic heterocycles. The molecule has 4 nitrogen and oxygen atoms in total. The lowest BCUT2D eigenvalue weighted by atomic mass is 10.1. The van der Waals surface area contributed by atoms with Gasteiger partial charge in [0.25, 0.3) is 0 Å². The number of hydrogen-bond acceptors (Lipinski definition) is 5. The third kappa shape index (κ3) is 3.36. The molecule has 5 heteroatoms. The van der Waals surface area contributed by atoms with Crippen LogP contribution in [0.2, 0.25) is 0 Å².